The first-order chi connectivity index (χ1) is 9.56. The van der Waals surface area contributed by atoms with E-state index in [1.165, 1.54) is 19.3 Å². The molecule has 20 heavy (non-hydrogen) atoms. The molecule has 0 saturated heterocycles. The lowest BCUT2D eigenvalue weighted by atomic mass is 9.87. The first-order valence-corrected chi connectivity index (χ1v) is 7.57. The van der Waals surface area contributed by atoms with Gasteiger partial charge in [0.15, 0.2) is 5.15 Å². The minimum Gasteiger partial charge on any atom is -0.376 e. The van der Waals surface area contributed by atoms with Gasteiger partial charge in [-0.05, 0) is 24.8 Å². The van der Waals surface area contributed by atoms with Crippen molar-refractivity contribution in [1.29, 1.82) is 0 Å². The predicted molar refractivity (Wildman–Crippen MR) is 83.4 cm³/mol. The van der Waals surface area contributed by atoms with Crippen LogP contribution in [0.4, 0.5) is 11.4 Å². The third kappa shape index (κ3) is 4.10. The Morgan fingerprint density at radius 1 is 1.40 bits per heavy atom. The summed E-state index contributed by atoms with van der Waals surface area (Å²) in [4.78, 5) is 18.1. The second kappa shape index (κ2) is 6.93. The van der Waals surface area contributed by atoms with Gasteiger partial charge in [-0.3, -0.25) is 4.79 Å². The standard InChI is InChI=1S/C15H22ClN3O/c1-19(2)12-9-13(15(16)17-10-12)18-14(20)8-11-6-4-3-5-7-11/h9-11H,3-8H2,1-2H3,(H,18,20). The number of amides is 1. The van der Waals surface area contributed by atoms with Crippen molar-refractivity contribution < 1.29 is 4.79 Å². The molecule has 0 aromatic carbocycles. The number of aromatic nitrogens is 1. The molecule has 1 aliphatic rings. The van der Waals surface area contributed by atoms with E-state index in [0.717, 1.165) is 18.5 Å². The lowest BCUT2D eigenvalue weighted by Crippen LogP contribution is -2.19. The van der Waals surface area contributed by atoms with Crippen LogP contribution < -0.4 is 10.2 Å². The highest BCUT2D eigenvalue weighted by Crippen LogP contribution is 2.28. The SMILES string of the molecule is CN(C)c1cnc(Cl)c(NC(=O)CC2CCCCC2)c1. The molecule has 4 nitrogen and oxygen atoms in total. The van der Waals surface area contributed by atoms with Gasteiger partial charge in [-0.15, -0.1) is 0 Å². The molecule has 110 valence electrons. The number of rotatable bonds is 4. The lowest BCUT2D eigenvalue weighted by Gasteiger charge is -2.21. The van der Waals surface area contributed by atoms with Crippen molar-refractivity contribution in [1.82, 2.24) is 4.98 Å². The van der Waals surface area contributed by atoms with E-state index in [9.17, 15) is 4.79 Å². The van der Waals surface area contributed by atoms with Crippen LogP contribution in [0.25, 0.3) is 0 Å². The van der Waals surface area contributed by atoms with Crippen molar-refractivity contribution in [3.8, 4) is 0 Å². The molecule has 0 unspecified atom stereocenters. The van der Waals surface area contributed by atoms with Gasteiger partial charge in [0, 0.05) is 20.5 Å². The molecule has 0 bridgehead atoms. The highest BCUT2D eigenvalue weighted by molar-refractivity contribution is 6.32. The average molecular weight is 296 g/mol. The largest absolute Gasteiger partial charge is 0.376 e. The molecule has 1 aromatic heterocycles. The van der Waals surface area contributed by atoms with Crippen LogP contribution in [0.2, 0.25) is 5.15 Å². The molecule has 1 aromatic rings. The van der Waals surface area contributed by atoms with E-state index >= 15 is 0 Å². The maximum absolute atomic E-state index is 12.1. The van der Waals surface area contributed by atoms with Crippen molar-refractivity contribution >= 4 is 28.9 Å². The summed E-state index contributed by atoms with van der Waals surface area (Å²) in [5.74, 6) is 0.559. The number of hydrogen-bond acceptors (Lipinski definition) is 3. The first kappa shape index (κ1) is 15.1. The Morgan fingerprint density at radius 3 is 2.75 bits per heavy atom. The van der Waals surface area contributed by atoms with Crippen LogP contribution in [0, 0.1) is 5.92 Å². The Hall–Kier alpha value is -1.29. The topological polar surface area (TPSA) is 45.2 Å². The minimum atomic E-state index is 0.0384. The van der Waals surface area contributed by atoms with Gasteiger partial charge in [-0.1, -0.05) is 30.9 Å². The fourth-order valence-electron chi connectivity index (χ4n) is 2.62. The summed E-state index contributed by atoms with van der Waals surface area (Å²) in [5, 5.41) is 3.23. The molecule has 5 heteroatoms. The summed E-state index contributed by atoms with van der Waals surface area (Å²) < 4.78 is 0. The monoisotopic (exact) mass is 295 g/mol. The molecule has 1 fully saturated rings. The number of halogens is 1. The number of carbonyl (C=O) groups excluding carboxylic acids is 1. The summed E-state index contributed by atoms with van der Waals surface area (Å²) in [5.41, 5.74) is 1.51. The second-order valence-corrected chi connectivity index (χ2v) is 6.04. The summed E-state index contributed by atoms with van der Waals surface area (Å²) in [6, 6.07) is 1.86. The molecule has 1 amide bonds. The van der Waals surface area contributed by atoms with E-state index in [2.05, 4.69) is 10.3 Å². The molecular formula is C15H22ClN3O. The zero-order valence-corrected chi connectivity index (χ0v) is 12.9. The van der Waals surface area contributed by atoms with E-state index in [1.807, 2.05) is 25.1 Å². The number of pyridine rings is 1. The Bertz CT molecular complexity index is 470. The predicted octanol–water partition coefficient (Wildman–Crippen LogP) is 3.71. The smallest absolute Gasteiger partial charge is 0.224 e. The second-order valence-electron chi connectivity index (χ2n) is 5.68. The maximum Gasteiger partial charge on any atom is 0.224 e. The third-order valence-corrected chi connectivity index (χ3v) is 4.12. The molecule has 2 rings (SSSR count). The highest BCUT2D eigenvalue weighted by Gasteiger charge is 2.18. The van der Waals surface area contributed by atoms with Crippen LogP contribution >= 0.6 is 11.6 Å². The van der Waals surface area contributed by atoms with E-state index in [0.29, 0.717) is 23.2 Å². The number of carbonyl (C=O) groups is 1. The maximum atomic E-state index is 12.1. The summed E-state index contributed by atoms with van der Waals surface area (Å²) >= 11 is 6.04. The molecule has 0 atom stereocenters. The Kier molecular flexibility index (Phi) is 5.24. The van der Waals surface area contributed by atoms with E-state index in [4.69, 9.17) is 11.6 Å². The zero-order chi connectivity index (χ0) is 14.5. The Balaban J connectivity index is 1.97. The quantitative estimate of drug-likeness (QED) is 0.861. The number of hydrogen-bond donors (Lipinski definition) is 1. The van der Waals surface area contributed by atoms with Crippen molar-refractivity contribution in [3.63, 3.8) is 0 Å². The first-order valence-electron chi connectivity index (χ1n) is 7.19. The summed E-state index contributed by atoms with van der Waals surface area (Å²) in [6.07, 6.45) is 8.40. The van der Waals surface area contributed by atoms with Gasteiger partial charge in [0.25, 0.3) is 0 Å². The lowest BCUT2D eigenvalue weighted by molar-refractivity contribution is -0.117. The molecule has 1 N–H and O–H groups in total. The fourth-order valence-corrected chi connectivity index (χ4v) is 2.77. The molecular weight excluding hydrogens is 274 g/mol. The number of anilines is 2. The Labute approximate surface area is 125 Å². The minimum absolute atomic E-state index is 0.0384. The van der Waals surface area contributed by atoms with Crippen LogP contribution in [-0.2, 0) is 4.79 Å². The van der Waals surface area contributed by atoms with Crippen LogP contribution in [0.1, 0.15) is 38.5 Å². The van der Waals surface area contributed by atoms with Gasteiger partial charge in [0.1, 0.15) is 0 Å². The van der Waals surface area contributed by atoms with Crippen molar-refractivity contribution in [2.45, 2.75) is 38.5 Å². The molecule has 0 spiro atoms. The van der Waals surface area contributed by atoms with Crippen molar-refractivity contribution in [2.75, 3.05) is 24.3 Å². The molecule has 1 saturated carbocycles. The van der Waals surface area contributed by atoms with Gasteiger partial charge < -0.3 is 10.2 Å². The van der Waals surface area contributed by atoms with Crippen molar-refractivity contribution in [2.24, 2.45) is 5.92 Å². The van der Waals surface area contributed by atoms with Crippen LogP contribution in [0.3, 0.4) is 0 Å². The van der Waals surface area contributed by atoms with Gasteiger partial charge in [0.2, 0.25) is 5.91 Å². The Morgan fingerprint density at radius 2 is 2.10 bits per heavy atom. The van der Waals surface area contributed by atoms with E-state index in [1.54, 1.807) is 6.20 Å². The molecule has 1 aliphatic carbocycles. The normalized spacial score (nSPS) is 15.9. The highest BCUT2D eigenvalue weighted by atomic mass is 35.5. The van der Waals surface area contributed by atoms with Gasteiger partial charge in [-0.2, -0.15) is 0 Å². The van der Waals surface area contributed by atoms with Gasteiger partial charge >= 0.3 is 0 Å². The fraction of sp³-hybridized carbons (Fsp3) is 0.600. The van der Waals surface area contributed by atoms with E-state index < -0.39 is 0 Å². The molecule has 0 radical (unpaired) electrons. The molecule has 1 heterocycles. The average Bonchev–Trinajstić information content (AvgIpc) is 2.42. The summed E-state index contributed by atoms with van der Waals surface area (Å²) in [6.45, 7) is 0. The molecule has 0 aliphatic heterocycles. The number of nitrogens with zero attached hydrogens (tertiary/aromatic N) is 2. The van der Waals surface area contributed by atoms with Gasteiger partial charge in [0.05, 0.1) is 17.6 Å². The van der Waals surface area contributed by atoms with Gasteiger partial charge in [-0.25, -0.2) is 4.98 Å². The van der Waals surface area contributed by atoms with Crippen LogP contribution in [0.5, 0.6) is 0 Å². The van der Waals surface area contributed by atoms with Crippen LogP contribution in [0.15, 0.2) is 12.3 Å². The van der Waals surface area contributed by atoms with Crippen molar-refractivity contribution in [3.05, 3.63) is 17.4 Å². The summed E-state index contributed by atoms with van der Waals surface area (Å²) in [7, 11) is 3.86. The third-order valence-electron chi connectivity index (χ3n) is 3.81. The van der Waals surface area contributed by atoms with E-state index in [-0.39, 0.29) is 5.91 Å². The zero-order valence-electron chi connectivity index (χ0n) is 12.2. The van der Waals surface area contributed by atoms with Crippen LogP contribution in [-0.4, -0.2) is 25.0 Å². The number of nitrogens with one attached hydrogen (secondary N) is 1.